The van der Waals surface area contributed by atoms with E-state index in [0.717, 1.165) is 11.1 Å². The second kappa shape index (κ2) is 8.56. The number of carboxylic acids is 1. The topological polar surface area (TPSA) is 58.6 Å². The van der Waals surface area contributed by atoms with Crippen LogP contribution >= 0.6 is 11.6 Å². The standard InChI is InChI=1S/C21H17ClFNO3/c22-19-9-6-16(21(25)26)11-20(19)24-12-15-2-1-3-18(10-15)27-13-14-4-7-17(23)8-5-14/h1-11,24H,12-13H2,(H,25,26). The number of nitrogens with one attached hydrogen (secondary N) is 1. The van der Waals surface area contributed by atoms with Gasteiger partial charge in [-0.05, 0) is 53.6 Å². The number of rotatable bonds is 7. The van der Waals surface area contributed by atoms with E-state index < -0.39 is 5.97 Å². The van der Waals surface area contributed by atoms with Crippen molar-refractivity contribution in [1.29, 1.82) is 0 Å². The van der Waals surface area contributed by atoms with Crippen LogP contribution in [0.25, 0.3) is 0 Å². The van der Waals surface area contributed by atoms with Gasteiger partial charge in [0.05, 0.1) is 16.3 Å². The summed E-state index contributed by atoms with van der Waals surface area (Å²) in [7, 11) is 0. The lowest BCUT2D eigenvalue weighted by Crippen LogP contribution is -2.03. The van der Waals surface area contributed by atoms with Gasteiger partial charge in [0.15, 0.2) is 0 Å². The van der Waals surface area contributed by atoms with Gasteiger partial charge < -0.3 is 15.2 Å². The molecule has 6 heteroatoms. The number of benzene rings is 3. The van der Waals surface area contributed by atoms with E-state index in [1.165, 1.54) is 24.3 Å². The fourth-order valence-electron chi connectivity index (χ4n) is 2.48. The van der Waals surface area contributed by atoms with Crippen LogP contribution in [0.5, 0.6) is 5.75 Å². The Kier molecular flexibility index (Phi) is 5.94. The summed E-state index contributed by atoms with van der Waals surface area (Å²) < 4.78 is 18.7. The van der Waals surface area contributed by atoms with E-state index in [9.17, 15) is 9.18 Å². The molecular weight excluding hydrogens is 369 g/mol. The summed E-state index contributed by atoms with van der Waals surface area (Å²) in [6.07, 6.45) is 0. The molecule has 0 aliphatic carbocycles. The Morgan fingerprint density at radius 2 is 1.81 bits per heavy atom. The molecule has 0 aliphatic heterocycles. The predicted octanol–water partition coefficient (Wildman–Crippen LogP) is 5.37. The maximum atomic E-state index is 12.9. The molecule has 0 aromatic heterocycles. The van der Waals surface area contributed by atoms with Crippen LogP contribution in [0.1, 0.15) is 21.5 Å². The van der Waals surface area contributed by atoms with Crippen molar-refractivity contribution in [3.8, 4) is 5.75 Å². The minimum absolute atomic E-state index is 0.165. The maximum Gasteiger partial charge on any atom is 0.335 e. The molecule has 4 nitrogen and oxygen atoms in total. The molecule has 0 bridgehead atoms. The third-order valence-electron chi connectivity index (χ3n) is 3.91. The Morgan fingerprint density at radius 3 is 2.56 bits per heavy atom. The van der Waals surface area contributed by atoms with Crippen LogP contribution in [0.15, 0.2) is 66.7 Å². The van der Waals surface area contributed by atoms with Crippen molar-refractivity contribution >= 4 is 23.3 Å². The first kappa shape index (κ1) is 18.7. The quantitative estimate of drug-likeness (QED) is 0.574. The van der Waals surface area contributed by atoms with E-state index in [4.69, 9.17) is 21.4 Å². The van der Waals surface area contributed by atoms with E-state index >= 15 is 0 Å². The molecule has 138 valence electrons. The maximum absolute atomic E-state index is 12.9. The highest BCUT2D eigenvalue weighted by molar-refractivity contribution is 6.33. The fourth-order valence-corrected chi connectivity index (χ4v) is 2.67. The summed E-state index contributed by atoms with van der Waals surface area (Å²) in [5.74, 6) is -0.604. The SMILES string of the molecule is O=C(O)c1ccc(Cl)c(NCc2cccc(OCc3ccc(F)cc3)c2)c1. The minimum atomic E-state index is -1.01. The third kappa shape index (κ3) is 5.21. The van der Waals surface area contributed by atoms with Crippen LogP contribution in [-0.2, 0) is 13.2 Å². The fraction of sp³-hybridized carbons (Fsp3) is 0.0952. The van der Waals surface area contributed by atoms with Crippen LogP contribution in [0.2, 0.25) is 5.02 Å². The normalized spacial score (nSPS) is 10.4. The van der Waals surface area contributed by atoms with Crippen LogP contribution in [0.3, 0.4) is 0 Å². The van der Waals surface area contributed by atoms with Crippen LogP contribution < -0.4 is 10.1 Å². The summed E-state index contributed by atoms with van der Waals surface area (Å²) in [6, 6.07) is 18.2. The monoisotopic (exact) mass is 385 g/mol. The molecule has 0 fully saturated rings. The number of anilines is 1. The molecule has 27 heavy (non-hydrogen) atoms. The predicted molar refractivity (Wildman–Crippen MR) is 103 cm³/mol. The van der Waals surface area contributed by atoms with Gasteiger partial charge in [0.25, 0.3) is 0 Å². The molecule has 0 saturated carbocycles. The number of carbonyl (C=O) groups is 1. The van der Waals surface area contributed by atoms with E-state index in [-0.39, 0.29) is 11.4 Å². The molecule has 0 spiro atoms. The smallest absolute Gasteiger partial charge is 0.335 e. The van der Waals surface area contributed by atoms with Gasteiger partial charge in [-0.25, -0.2) is 9.18 Å². The molecule has 3 rings (SSSR count). The first-order chi connectivity index (χ1) is 13.0. The van der Waals surface area contributed by atoms with E-state index in [1.807, 2.05) is 24.3 Å². The molecule has 0 saturated heterocycles. The number of aromatic carboxylic acids is 1. The zero-order chi connectivity index (χ0) is 19.2. The van der Waals surface area contributed by atoms with Crippen LogP contribution in [0, 0.1) is 5.82 Å². The Labute approximate surface area is 161 Å². The van der Waals surface area contributed by atoms with Gasteiger partial charge in [-0.2, -0.15) is 0 Å². The van der Waals surface area contributed by atoms with Gasteiger partial charge in [-0.3, -0.25) is 0 Å². The van der Waals surface area contributed by atoms with Crippen molar-refractivity contribution in [2.75, 3.05) is 5.32 Å². The van der Waals surface area contributed by atoms with E-state index in [0.29, 0.717) is 29.6 Å². The van der Waals surface area contributed by atoms with E-state index in [2.05, 4.69) is 5.32 Å². The molecule has 0 heterocycles. The van der Waals surface area contributed by atoms with Gasteiger partial charge in [-0.15, -0.1) is 0 Å². The first-order valence-corrected chi connectivity index (χ1v) is 8.62. The number of ether oxygens (including phenoxy) is 1. The van der Waals surface area contributed by atoms with Crippen LogP contribution in [0.4, 0.5) is 10.1 Å². The molecule has 3 aromatic carbocycles. The molecule has 0 radical (unpaired) electrons. The summed E-state index contributed by atoms with van der Waals surface area (Å²) in [4.78, 5) is 11.1. The lowest BCUT2D eigenvalue weighted by molar-refractivity contribution is 0.0697. The summed E-state index contributed by atoms with van der Waals surface area (Å²) in [6.45, 7) is 0.792. The van der Waals surface area contributed by atoms with E-state index in [1.54, 1.807) is 18.2 Å². The molecule has 3 aromatic rings. The summed E-state index contributed by atoms with van der Waals surface area (Å²) in [5.41, 5.74) is 2.54. The summed E-state index contributed by atoms with van der Waals surface area (Å²) >= 11 is 6.12. The van der Waals surface area contributed by atoms with Crippen molar-refractivity contribution in [3.63, 3.8) is 0 Å². The van der Waals surface area contributed by atoms with Gasteiger partial charge in [0.1, 0.15) is 18.2 Å². The summed E-state index contributed by atoms with van der Waals surface area (Å²) in [5, 5.41) is 12.7. The largest absolute Gasteiger partial charge is 0.489 e. The Bertz CT molecular complexity index is 944. The molecule has 0 aliphatic rings. The van der Waals surface area contributed by atoms with Crippen LogP contribution in [-0.4, -0.2) is 11.1 Å². The highest BCUT2D eigenvalue weighted by Crippen LogP contribution is 2.24. The highest BCUT2D eigenvalue weighted by atomic mass is 35.5. The highest BCUT2D eigenvalue weighted by Gasteiger charge is 2.07. The third-order valence-corrected chi connectivity index (χ3v) is 4.24. The zero-order valence-electron chi connectivity index (χ0n) is 14.3. The van der Waals surface area contributed by atoms with Gasteiger partial charge in [0, 0.05) is 6.54 Å². The Balaban J connectivity index is 1.63. The first-order valence-electron chi connectivity index (χ1n) is 8.24. The molecular formula is C21H17ClFNO3. The molecule has 2 N–H and O–H groups in total. The van der Waals surface area contributed by atoms with Gasteiger partial charge in [-0.1, -0.05) is 35.9 Å². The number of halogens is 2. The number of hydrogen-bond acceptors (Lipinski definition) is 3. The second-order valence-corrected chi connectivity index (χ2v) is 6.32. The Morgan fingerprint density at radius 1 is 1.04 bits per heavy atom. The van der Waals surface area contributed by atoms with Crippen molar-refractivity contribution in [1.82, 2.24) is 0 Å². The van der Waals surface area contributed by atoms with Gasteiger partial charge >= 0.3 is 5.97 Å². The van der Waals surface area contributed by atoms with Crippen molar-refractivity contribution in [2.24, 2.45) is 0 Å². The Hall–Kier alpha value is -3.05. The van der Waals surface area contributed by atoms with Gasteiger partial charge in [0.2, 0.25) is 0 Å². The lowest BCUT2D eigenvalue weighted by atomic mass is 10.1. The average molecular weight is 386 g/mol. The lowest BCUT2D eigenvalue weighted by Gasteiger charge is -2.11. The molecule has 0 atom stereocenters. The van der Waals surface area contributed by atoms with Crippen molar-refractivity contribution in [2.45, 2.75) is 13.2 Å². The van der Waals surface area contributed by atoms with Crippen molar-refractivity contribution < 1.29 is 19.0 Å². The number of hydrogen-bond donors (Lipinski definition) is 2. The average Bonchev–Trinajstić information content (AvgIpc) is 2.67. The van der Waals surface area contributed by atoms with Crippen molar-refractivity contribution in [3.05, 3.63) is 94.3 Å². The molecule has 0 amide bonds. The second-order valence-electron chi connectivity index (χ2n) is 5.92. The minimum Gasteiger partial charge on any atom is -0.489 e. The number of carboxylic acid groups (broad SMARTS) is 1. The zero-order valence-corrected chi connectivity index (χ0v) is 15.0. The molecule has 0 unspecified atom stereocenters.